The minimum Gasteiger partial charge on any atom is -0.480 e. The van der Waals surface area contributed by atoms with Crippen molar-refractivity contribution < 1.29 is 9.90 Å². The molecule has 1 aliphatic rings. The van der Waals surface area contributed by atoms with Crippen molar-refractivity contribution in [3.63, 3.8) is 0 Å². The molecule has 0 aromatic rings. The van der Waals surface area contributed by atoms with Gasteiger partial charge >= 0.3 is 5.97 Å². The molecule has 1 heterocycles. The van der Waals surface area contributed by atoms with Crippen LogP contribution in [-0.4, -0.2) is 46.6 Å². The third kappa shape index (κ3) is 4.18. The quantitative estimate of drug-likeness (QED) is 0.751. The van der Waals surface area contributed by atoms with E-state index >= 15 is 0 Å². The van der Waals surface area contributed by atoms with Crippen molar-refractivity contribution in [1.82, 2.24) is 4.90 Å². The topological polar surface area (TPSA) is 40.5 Å². The number of carbonyl (C=O) groups is 1. The zero-order valence-corrected chi connectivity index (χ0v) is 10.9. The summed E-state index contributed by atoms with van der Waals surface area (Å²) in [4.78, 5) is 12.8. The van der Waals surface area contributed by atoms with E-state index in [1.807, 2.05) is 16.7 Å². The summed E-state index contributed by atoms with van der Waals surface area (Å²) in [5.74, 6) is 1.44. The lowest BCUT2D eigenvalue weighted by molar-refractivity contribution is -0.138. The van der Waals surface area contributed by atoms with E-state index in [9.17, 15) is 4.79 Å². The summed E-state index contributed by atoms with van der Waals surface area (Å²) in [5.41, 5.74) is 0.311. The molecule has 1 aliphatic heterocycles. The second kappa shape index (κ2) is 5.73. The smallest absolute Gasteiger partial charge is 0.317 e. The molecule has 0 saturated carbocycles. The number of rotatable bonds is 5. The van der Waals surface area contributed by atoms with Gasteiger partial charge in [-0.1, -0.05) is 19.9 Å². The van der Waals surface area contributed by atoms with Gasteiger partial charge in [0.25, 0.3) is 0 Å². The van der Waals surface area contributed by atoms with Crippen LogP contribution in [0, 0.1) is 5.41 Å². The van der Waals surface area contributed by atoms with Crippen molar-refractivity contribution in [2.75, 3.05) is 24.6 Å². The van der Waals surface area contributed by atoms with Crippen molar-refractivity contribution in [3.05, 3.63) is 12.7 Å². The zero-order valence-electron chi connectivity index (χ0n) is 10.1. The number of aliphatic carboxylic acids is 1. The molecule has 1 atom stereocenters. The Morgan fingerprint density at radius 1 is 1.69 bits per heavy atom. The summed E-state index contributed by atoms with van der Waals surface area (Å²) in [6, 6.07) is 0.364. The summed E-state index contributed by atoms with van der Waals surface area (Å²) < 4.78 is 0. The lowest BCUT2D eigenvalue weighted by Gasteiger charge is -2.40. The molecule has 1 N–H and O–H groups in total. The zero-order chi connectivity index (χ0) is 12.2. The van der Waals surface area contributed by atoms with Crippen LogP contribution in [-0.2, 0) is 4.79 Å². The molecule has 0 bridgehead atoms. The van der Waals surface area contributed by atoms with Gasteiger partial charge in [-0.25, -0.2) is 0 Å². The van der Waals surface area contributed by atoms with Crippen LogP contribution in [0.4, 0.5) is 0 Å². The van der Waals surface area contributed by atoms with Crippen molar-refractivity contribution in [1.29, 1.82) is 0 Å². The molecule has 1 unspecified atom stereocenters. The van der Waals surface area contributed by atoms with Gasteiger partial charge in [0, 0.05) is 18.3 Å². The Morgan fingerprint density at radius 3 is 2.88 bits per heavy atom. The Kier molecular flexibility index (Phi) is 4.87. The molecule has 92 valence electrons. The minimum absolute atomic E-state index is 0.118. The Balaban J connectivity index is 2.62. The van der Waals surface area contributed by atoms with Crippen LogP contribution in [0.1, 0.15) is 20.3 Å². The Morgan fingerprint density at radius 2 is 2.38 bits per heavy atom. The third-order valence-corrected chi connectivity index (χ3v) is 4.42. The van der Waals surface area contributed by atoms with Crippen LogP contribution in [0.2, 0.25) is 0 Å². The number of hydrogen-bond donors (Lipinski definition) is 1. The normalized spacial score (nSPS) is 24.3. The molecule has 4 heteroatoms. The van der Waals surface area contributed by atoms with E-state index in [1.54, 1.807) is 6.08 Å². The summed E-state index contributed by atoms with van der Waals surface area (Å²) in [5, 5.41) is 8.89. The van der Waals surface area contributed by atoms with E-state index in [2.05, 4.69) is 20.4 Å². The molecular weight excluding hydrogens is 222 g/mol. The molecule has 1 saturated heterocycles. The van der Waals surface area contributed by atoms with Crippen molar-refractivity contribution >= 4 is 17.7 Å². The Bertz CT molecular complexity index is 266. The fraction of sp³-hybridized carbons (Fsp3) is 0.750. The van der Waals surface area contributed by atoms with Crippen LogP contribution in [0.3, 0.4) is 0 Å². The molecule has 1 fully saturated rings. The van der Waals surface area contributed by atoms with Crippen LogP contribution >= 0.6 is 11.8 Å². The first kappa shape index (κ1) is 13.6. The fourth-order valence-corrected chi connectivity index (χ4v) is 3.53. The Labute approximate surface area is 102 Å². The van der Waals surface area contributed by atoms with Crippen molar-refractivity contribution in [3.8, 4) is 0 Å². The first-order valence-electron chi connectivity index (χ1n) is 5.59. The molecule has 1 rings (SSSR count). The molecule has 3 nitrogen and oxygen atoms in total. The maximum atomic E-state index is 10.8. The lowest BCUT2D eigenvalue weighted by atomic mass is 9.87. The highest BCUT2D eigenvalue weighted by Gasteiger charge is 2.32. The van der Waals surface area contributed by atoms with Gasteiger partial charge in [0.2, 0.25) is 0 Å². The van der Waals surface area contributed by atoms with Gasteiger partial charge in [0.15, 0.2) is 0 Å². The molecule has 0 aromatic carbocycles. The summed E-state index contributed by atoms with van der Waals surface area (Å²) >= 11 is 1.92. The highest BCUT2D eigenvalue weighted by molar-refractivity contribution is 7.99. The highest BCUT2D eigenvalue weighted by atomic mass is 32.2. The second-order valence-corrected chi connectivity index (χ2v) is 6.18. The minimum atomic E-state index is -0.754. The van der Waals surface area contributed by atoms with Crippen molar-refractivity contribution in [2.24, 2.45) is 5.41 Å². The summed E-state index contributed by atoms with van der Waals surface area (Å²) in [6.45, 7) is 8.97. The first-order valence-corrected chi connectivity index (χ1v) is 6.74. The number of thioether (sulfide) groups is 1. The van der Waals surface area contributed by atoms with Gasteiger partial charge in [-0.15, -0.1) is 6.58 Å². The summed E-state index contributed by atoms with van der Waals surface area (Å²) in [6.07, 6.45) is 2.86. The second-order valence-electron chi connectivity index (χ2n) is 5.15. The average molecular weight is 243 g/mol. The van der Waals surface area contributed by atoms with E-state index < -0.39 is 5.97 Å². The lowest BCUT2D eigenvalue weighted by Crippen LogP contribution is -2.45. The van der Waals surface area contributed by atoms with Crippen LogP contribution < -0.4 is 0 Å². The highest BCUT2D eigenvalue weighted by Crippen LogP contribution is 2.35. The fourth-order valence-electron chi connectivity index (χ4n) is 2.14. The van der Waals surface area contributed by atoms with E-state index in [4.69, 9.17) is 5.11 Å². The number of carboxylic acids is 1. The Hall–Kier alpha value is -0.480. The van der Waals surface area contributed by atoms with Gasteiger partial charge in [0.05, 0.1) is 6.54 Å². The van der Waals surface area contributed by atoms with Gasteiger partial charge in [-0.3, -0.25) is 9.69 Å². The largest absolute Gasteiger partial charge is 0.480 e. The van der Waals surface area contributed by atoms with Crippen LogP contribution in [0.15, 0.2) is 12.7 Å². The molecule has 16 heavy (non-hydrogen) atoms. The predicted molar refractivity (Wildman–Crippen MR) is 68.9 cm³/mol. The predicted octanol–water partition coefficient (Wildman–Crippen LogP) is 2.09. The molecule has 0 aliphatic carbocycles. The van der Waals surface area contributed by atoms with E-state index in [-0.39, 0.29) is 6.54 Å². The number of nitrogens with zero attached hydrogens (tertiary/aromatic N) is 1. The van der Waals surface area contributed by atoms with E-state index in [1.165, 1.54) is 5.75 Å². The average Bonchev–Trinajstić information content (AvgIpc) is 2.15. The SMILES string of the molecule is C=CCN(CC(=O)O)C1CSCC(C)(C)C1. The van der Waals surface area contributed by atoms with Gasteiger partial charge < -0.3 is 5.11 Å². The van der Waals surface area contributed by atoms with Crippen molar-refractivity contribution in [2.45, 2.75) is 26.3 Å². The monoisotopic (exact) mass is 243 g/mol. The maximum absolute atomic E-state index is 10.8. The molecular formula is C12H21NO2S. The van der Waals surface area contributed by atoms with Crippen LogP contribution in [0.25, 0.3) is 0 Å². The van der Waals surface area contributed by atoms with Gasteiger partial charge in [0.1, 0.15) is 0 Å². The number of hydrogen-bond acceptors (Lipinski definition) is 3. The van der Waals surface area contributed by atoms with E-state index in [0.717, 1.165) is 12.2 Å². The van der Waals surface area contributed by atoms with Gasteiger partial charge in [-0.2, -0.15) is 11.8 Å². The molecule has 0 spiro atoms. The molecule has 0 radical (unpaired) electrons. The molecule has 0 aromatic heterocycles. The molecule has 0 amide bonds. The standard InChI is InChI=1S/C12H21NO2S/c1-4-5-13(7-11(14)15)10-6-12(2,3)9-16-8-10/h4,10H,1,5-9H2,2-3H3,(H,14,15). The maximum Gasteiger partial charge on any atom is 0.317 e. The first-order chi connectivity index (χ1) is 7.44. The third-order valence-electron chi connectivity index (χ3n) is 2.81. The van der Waals surface area contributed by atoms with Crippen LogP contribution in [0.5, 0.6) is 0 Å². The summed E-state index contributed by atoms with van der Waals surface area (Å²) in [7, 11) is 0. The van der Waals surface area contributed by atoms with Gasteiger partial charge in [-0.05, 0) is 17.6 Å². The number of carboxylic acid groups (broad SMARTS) is 1. The van der Waals surface area contributed by atoms with E-state index in [0.29, 0.717) is 18.0 Å².